The third-order valence-electron chi connectivity index (χ3n) is 4.13. The Kier molecular flexibility index (Phi) is 4.86. The fraction of sp³-hybridized carbons (Fsp3) is 0.667. The zero-order valence-electron chi connectivity index (χ0n) is 13.2. The van der Waals surface area contributed by atoms with Crippen LogP contribution in [0, 0.1) is 11.5 Å². The van der Waals surface area contributed by atoms with Crippen LogP contribution in [-0.2, 0) is 7.05 Å². The van der Waals surface area contributed by atoms with Crippen molar-refractivity contribution < 1.29 is 5.11 Å². The maximum absolute atomic E-state index is 9.54. The molecule has 1 aromatic heterocycles. The molecule has 3 nitrogen and oxygen atoms in total. The first-order valence-corrected chi connectivity index (χ1v) is 9.21. The summed E-state index contributed by atoms with van der Waals surface area (Å²) in [5, 5.41) is 13.7. The first-order chi connectivity index (χ1) is 8.71. The van der Waals surface area contributed by atoms with Gasteiger partial charge in [0, 0.05) is 13.1 Å². The van der Waals surface area contributed by atoms with E-state index in [4.69, 9.17) is 0 Å². The number of hydrogen-bond acceptors (Lipinski definition) is 2. The summed E-state index contributed by atoms with van der Waals surface area (Å²) >= 11 is 0. The highest BCUT2D eigenvalue weighted by Gasteiger charge is 2.41. The summed E-state index contributed by atoms with van der Waals surface area (Å²) in [6.45, 7) is 13.7. The smallest absolute Gasteiger partial charge is 0.210 e. The number of aromatic nitrogens is 2. The van der Waals surface area contributed by atoms with Crippen molar-refractivity contribution in [1.29, 1.82) is 0 Å². The van der Waals surface area contributed by atoms with Gasteiger partial charge in [-0.25, -0.2) is 4.68 Å². The molecule has 0 fully saturated rings. The molecule has 0 aromatic carbocycles. The minimum absolute atomic E-state index is 0.162. The van der Waals surface area contributed by atoms with E-state index in [1.165, 1.54) is 4.68 Å². The van der Waals surface area contributed by atoms with Gasteiger partial charge in [-0.3, -0.25) is 0 Å². The van der Waals surface area contributed by atoms with Crippen molar-refractivity contribution in [3.8, 4) is 17.3 Å². The highest BCUT2D eigenvalue weighted by Crippen LogP contribution is 2.40. The Morgan fingerprint density at radius 2 is 1.58 bits per heavy atom. The molecule has 0 aliphatic heterocycles. The average molecular weight is 278 g/mol. The Bertz CT molecular complexity index is 451. The molecule has 0 aliphatic rings. The lowest BCUT2D eigenvalue weighted by Gasteiger charge is -2.37. The van der Waals surface area contributed by atoms with E-state index in [1.807, 2.05) is 0 Å². The number of aromatic hydroxyl groups is 1. The molecule has 0 atom stereocenters. The van der Waals surface area contributed by atoms with Crippen molar-refractivity contribution in [3.63, 3.8) is 0 Å². The molecule has 1 rings (SSSR count). The summed E-state index contributed by atoms with van der Waals surface area (Å²) in [7, 11) is 0.0103. The molecule has 0 spiro atoms. The maximum Gasteiger partial charge on any atom is 0.210 e. The maximum atomic E-state index is 9.54. The van der Waals surface area contributed by atoms with Gasteiger partial charge in [-0.2, -0.15) is 5.10 Å². The van der Waals surface area contributed by atoms with Crippen LogP contribution in [0.1, 0.15) is 47.2 Å². The number of rotatable bonds is 3. The Labute approximate surface area is 118 Å². The zero-order valence-corrected chi connectivity index (χ0v) is 14.2. The van der Waals surface area contributed by atoms with Gasteiger partial charge in [0.15, 0.2) is 0 Å². The largest absolute Gasteiger partial charge is 0.493 e. The molecule has 4 heteroatoms. The first-order valence-electron chi connectivity index (χ1n) is 6.98. The number of hydrogen-bond donors (Lipinski definition) is 1. The van der Waals surface area contributed by atoms with Crippen LogP contribution in [0.25, 0.3) is 0 Å². The van der Waals surface area contributed by atoms with Crippen molar-refractivity contribution in [2.24, 2.45) is 7.05 Å². The van der Waals surface area contributed by atoms with Crippen molar-refractivity contribution in [1.82, 2.24) is 9.78 Å². The van der Waals surface area contributed by atoms with Gasteiger partial charge in [-0.05, 0) is 16.6 Å². The molecule has 1 N–H and O–H groups in total. The fourth-order valence-corrected chi connectivity index (χ4v) is 8.33. The second-order valence-electron chi connectivity index (χ2n) is 6.16. The van der Waals surface area contributed by atoms with Gasteiger partial charge >= 0.3 is 0 Å². The molecular weight excluding hydrogens is 252 g/mol. The summed E-state index contributed by atoms with van der Waals surface area (Å²) in [6.07, 6.45) is 0. The van der Waals surface area contributed by atoms with Gasteiger partial charge in [-0.15, -0.1) is 5.54 Å². The second-order valence-corrected chi connectivity index (χ2v) is 11.7. The third kappa shape index (κ3) is 3.03. The Morgan fingerprint density at radius 1 is 1.11 bits per heavy atom. The topological polar surface area (TPSA) is 38.0 Å². The Morgan fingerprint density at radius 3 is 1.89 bits per heavy atom. The first kappa shape index (κ1) is 15.8. The minimum atomic E-state index is -1.71. The van der Waals surface area contributed by atoms with Crippen LogP contribution in [0.2, 0.25) is 16.6 Å². The van der Waals surface area contributed by atoms with E-state index in [1.54, 1.807) is 13.1 Å². The van der Waals surface area contributed by atoms with E-state index < -0.39 is 8.07 Å². The summed E-state index contributed by atoms with van der Waals surface area (Å²) < 4.78 is 1.45. The van der Waals surface area contributed by atoms with Gasteiger partial charge < -0.3 is 5.11 Å². The van der Waals surface area contributed by atoms with Crippen molar-refractivity contribution in [2.45, 2.75) is 58.2 Å². The van der Waals surface area contributed by atoms with Gasteiger partial charge in [0.25, 0.3) is 0 Å². The lowest BCUT2D eigenvalue weighted by atomic mass is 10.4. The minimum Gasteiger partial charge on any atom is -0.493 e. The van der Waals surface area contributed by atoms with Crippen LogP contribution < -0.4 is 0 Å². The molecule has 0 unspecified atom stereocenters. The number of aryl methyl sites for hydroxylation is 1. The van der Waals surface area contributed by atoms with Gasteiger partial charge in [0.05, 0.1) is 0 Å². The molecule has 0 bridgehead atoms. The van der Waals surface area contributed by atoms with E-state index in [9.17, 15) is 5.11 Å². The summed E-state index contributed by atoms with van der Waals surface area (Å²) in [4.78, 5) is 0. The predicted octanol–water partition coefficient (Wildman–Crippen LogP) is 3.70. The van der Waals surface area contributed by atoms with E-state index in [0.717, 1.165) is 0 Å². The zero-order chi connectivity index (χ0) is 14.8. The highest BCUT2D eigenvalue weighted by molar-refractivity contribution is 6.90. The summed E-state index contributed by atoms with van der Waals surface area (Å²) in [5.74, 6) is 3.37. The molecule has 0 amide bonds. The van der Waals surface area contributed by atoms with Crippen LogP contribution >= 0.6 is 0 Å². The van der Waals surface area contributed by atoms with Crippen LogP contribution in [0.5, 0.6) is 5.88 Å². The molecule has 106 valence electrons. The average Bonchev–Trinajstić information content (AvgIpc) is 2.57. The lowest BCUT2D eigenvalue weighted by Crippen LogP contribution is -2.43. The second kappa shape index (κ2) is 5.83. The molecule has 1 heterocycles. The molecule has 0 saturated carbocycles. The van der Waals surface area contributed by atoms with Gasteiger partial charge in [-0.1, -0.05) is 47.5 Å². The van der Waals surface area contributed by atoms with Crippen LogP contribution in [0.3, 0.4) is 0 Å². The quantitative estimate of drug-likeness (QED) is 0.676. The van der Waals surface area contributed by atoms with Crippen LogP contribution in [-0.4, -0.2) is 23.0 Å². The van der Waals surface area contributed by atoms with E-state index in [0.29, 0.717) is 22.3 Å². The van der Waals surface area contributed by atoms with Crippen molar-refractivity contribution >= 4 is 8.07 Å². The molecule has 0 radical (unpaired) electrons. The molecule has 19 heavy (non-hydrogen) atoms. The van der Waals surface area contributed by atoms with Gasteiger partial charge in [0.2, 0.25) is 5.88 Å². The summed E-state index contributed by atoms with van der Waals surface area (Å²) in [6, 6.07) is 1.63. The Hall–Kier alpha value is -1.21. The van der Waals surface area contributed by atoms with Gasteiger partial charge in [0.1, 0.15) is 13.8 Å². The SMILES string of the molecule is CC(C)[Si](C#Cc1cc(O)n(C)n1)(C(C)C)C(C)C. The van der Waals surface area contributed by atoms with E-state index >= 15 is 0 Å². The fourth-order valence-electron chi connectivity index (χ4n) is 3.12. The van der Waals surface area contributed by atoms with Crippen molar-refractivity contribution in [2.75, 3.05) is 0 Å². The monoisotopic (exact) mass is 278 g/mol. The normalized spacial score (nSPS) is 12.1. The lowest BCUT2D eigenvalue weighted by molar-refractivity contribution is 0.419. The van der Waals surface area contributed by atoms with E-state index in [-0.39, 0.29) is 5.88 Å². The molecule has 1 aromatic rings. The standard InChI is InChI=1S/C15H26N2OSi/c1-11(2)19(12(3)4,13(5)6)9-8-14-10-15(18)17(7)16-14/h10-13,18H,1-7H3. The van der Waals surface area contributed by atoms with Crippen LogP contribution in [0.4, 0.5) is 0 Å². The molecule has 0 saturated heterocycles. The molecule has 0 aliphatic carbocycles. The summed E-state index contributed by atoms with van der Waals surface area (Å²) in [5.41, 5.74) is 6.08. The highest BCUT2D eigenvalue weighted by atomic mass is 28.3. The van der Waals surface area contributed by atoms with Crippen LogP contribution in [0.15, 0.2) is 6.07 Å². The van der Waals surface area contributed by atoms with Crippen molar-refractivity contribution in [3.05, 3.63) is 11.8 Å². The number of nitrogens with zero attached hydrogens (tertiary/aromatic N) is 2. The third-order valence-corrected chi connectivity index (χ3v) is 10.4. The Balaban J connectivity index is 3.22. The van der Waals surface area contributed by atoms with E-state index in [2.05, 4.69) is 58.1 Å². The molecular formula is C15H26N2OSi. The predicted molar refractivity (Wildman–Crippen MR) is 82.8 cm³/mol.